The van der Waals surface area contributed by atoms with Gasteiger partial charge in [-0.05, 0) is 51.4 Å². The highest BCUT2D eigenvalue weighted by Crippen LogP contribution is 2.14. The molecule has 0 aromatic rings. The lowest BCUT2D eigenvalue weighted by Crippen LogP contribution is -2.55. The number of carboxylic acids is 1. The molecule has 0 aromatic heterocycles. The molecule has 0 bridgehead atoms. The van der Waals surface area contributed by atoms with E-state index < -0.39 is 18.1 Å². The van der Waals surface area contributed by atoms with Crippen molar-refractivity contribution >= 4 is 17.9 Å². The molecule has 0 aliphatic heterocycles. The number of carboxylic acid groups (broad SMARTS) is 1. The summed E-state index contributed by atoms with van der Waals surface area (Å²) in [6, 6.07) is -0.724. The Labute approximate surface area is 331 Å². The van der Waals surface area contributed by atoms with Gasteiger partial charge in [0.15, 0.2) is 6.10 Å². The number of esters is 2. The van der Waals surface area contributed by atoms with Crippen LogP contribution in [0.2, 0.25) is 0 Å². The van der Waals surface area contributed by atoms with E-state index in [1.807, 2.05) is 0 Å². The minimum Gasteiger partial charge on any atom is -0.544 e. The molecule has 0 aliphatic carbocycles. The van der Waals surface area contributed by atoms with Crippen molar-refractivity contribution in [3.63, 3.8) is 0 Å². The Hall–Kier alpha value is -2.71. The Bertz CT molecular complexity index is 1030. The highest BCUT2D eigenvalue weighted by molar-refractivity contribution is 5.70. The zero-order valence-electron chi connectivity index (χ0n) is 35.4. The number of rotatable bonds is 38. The van der Waals surface area contributed by atoms with E-state index in [0.717, 1.165) is 64.2 Å². The van der Waals surface area contributed by atoms with Crippen molar-refractivity contribution in [2.45, 2.75) is 187 Å². The topological polar surface area (TPSA) is 102 Å². The third-order valence-corrected chi connectivity index (χ3v) is 9.48. The number of carbonyl (C=O) groups excluding carboxylic acids is 3. The zero-order chi connectivity index (χ0) is 40.0. The number of aliphatic carboxylic acids is 1. The molecule has 0 amide bonds. The van der Waals surface area contributed by atoms with Crippen LogP contribution >= 0.6 is 0 Å². The SMILES string of the molecule is CC/C=C/C/C=C/C/C=C/C/C=C/CCCCCCCCCCCCC(=O)OC(COCCC(C(=O)[O-])[N+](C)(C)C)COC(=O)CCCCCCCCC. The van der Waals surface area contributed by atoms with Crippen LogP contribution in [0.4, 0.5) is 0 Å². The second kappa shape index (κ2) is 37.2. The molecule has 0 heterocycles. The molecule has 312 valence electrons. The van der Waals surface area contributed by atoms with Gasteiger partial charge in [0.25, 0.3) is 0 Å². The van der Waals surface area contributed by atoms with Gasteiger partial charge in [0.1, 0.15) is 12.6 Å². The van der Waals surface area contributed by atoms with Gasteiger partial charge in [0.05, 0.1) is 40.3 Å². The number of allylic oxidation sites excluding steroid dienone is 8. The molecule has 0 rings (SSSR count). The fraction of sp³-hybridized carbons (Fsp3) is 0.761. The highest BCUT2D eigenvalue weighted by atomic mass is 16.6. The number of unbranched alkanes of at least 4 members (excludes halogenated alkanes) is 16. The minimum absolute atomic E-state index is 0.0395. The van der Waals surface area contributed by atoms with Crippen molar-refractivity contribution in [3.8, 4) is 0 Å². The van der Waals surface area contributed by atoms with Gasteiger partial charge in [-0.15, -0.1) is 0 Å². The van der Waals surface area contributed by atoms with Crippen LogP contribution in [0.1, 0.15) is 174 Å². The van der Waals surface area contributed by atoms with Crippen molar-refractivity contribution in [1.29, 1.82) is 0 Å². The van der Waals surface area contributed by atoms with Gasteiger partial charge in [0.2, 0.25) is 0 Å². The maximum Gasteiger partial charge on any atom is 0.306 e. The summed E-state index contributed by atoms with van der Waals surface area (Å²) in [5.74, 6) is -1.75. The van der Waals surface area contributed by atoms with Crippen molar-refractivity contribution < 1.29 is 38.2 Å². The average molecular weight is 760 g/mol. The summed E-state index contributed by atoms with van der Waals surface area (Å²) < 4.78 is 17.1. The number of nitrogens with zero attached hydrogens (tertiary/aromatic N) is 1. The zero-order valence-corrected chi connectivity index (χ0v) is 35.4. The monoisotopic (exact) mass is 760 g/mol. The summed E-state index contributed by atoms with van der Waals surface area (Å²) in [7, 11) is 5.40. The standard InChI is InChI=1S/C46H81NO7/c1-6-8-10-12-14-15-16-17-18-19-20-21-22-23-24-25-26-27-28-29-31-33-35-37-45(49)54-42(40-52-39-38-43(46(50)51)47(3,4)5)41-53-44(48)36-34-32-30-13-11-9-7-2/h8,10,14-15,17-18,20-21,42-43H,6-7,9,11-13,16,19,22-41H2,1-5H3/b10-8+,15-14+,18-17+,21-20+. The van der Waals surface area contributed by atoms with E-state index in [9.17, 15) is 19.5 Å². The first-order chi connectivity index (χ1) is 26.1. The van der Waals surface area contributed by atoms with Gasteiger partial charge in [-0.2, -0.15) is 0 Å². The molecule has 0 aromatic carbocycles. The van der Waals surface area contributed by atoms with Gasteiger partial charge >= 0.3 is 11.9 Å². The predicted molar refractivity (Wildman–Crippen MR) is 222 cm³/mol. The number of hydrogen-bond acceptors (Lipinski definition) is 7. The van der Waals surface area contributed by atoms with Crippen LogP contribution < -0.4 is 5.11 Å². The third-order valence-electron chi connectivity index (χ3n) is 9.48. The molecule has 8 heteroatoms. The van der Waals surface area contributed by atoms with E-state index in [0.29, 0.717) is 12.8 Å². The summed E-state index contributed by atoms with van der Waals surface area (Å²) in [6.45, 7) is 4.50. The first-order valence-corrected chi connectivity index (χ1v) is 21.7. The van der Waals surface area contributed by atoms with Crippen LogP contribution in [-0.2, 0) is 28.6 Å². The summed E-state index contributed by atoms with van der Waals surface area (Å²) in [5, 5.41) is 11.6. The second-order valence-corrected chi connectivity index (χ2v) is 15.6. The van der Waals surface area contributed by atoms with Gasteiger partial charge in [-0.1, -0.05) is 152 Å². The number of ether oxygens (including phenoxy) is 3. The molecule has 0 saturated heterocycles. The fourth-order valence-corrected chi connectivity index (χ4v) is 6.12. The van der Waals surface area contributed by atoms with E-state index in [1.54, 1.807) is 21.1 Å². The summed E-state index contributed by atoms with van der Waals surface area (Å²) >= 11 is 0. The summed E-state index contributed by atoms with van der Waals surface area (Å²) in [5.41, 5.74) is 0. The second-order valence-electron chi connectivity index (χ2n) is 15.6. The lowest BCUT2D eigenvalue weighted by atomic mass is 10.0. The van der Waals surface area contributed by atoms with E-state index >= 15 is 0 Å². The Morgan fingerprint density at radius 3 is 1.54 bits per heavy atom. The van der Waals surface area contributed by atoms with Crippen LogP contribution in [0.5, 0.6) is 0 Å². The molecule has 8 nitrogen and oxygen atoms in total. The number of quaternary nitrogens is 1. The Balaban J connectivity index is 4.19. The fourth-order valence-electron chi connectivity index (χ4n) is 6.12. The van der Waals surface area contributed by atoms with Crippen molar-refractivity contribution in [2.75, 3.05) is 41.0 Å². The average Bonchev–Trinajstić information content (AvgIpc) is 3.12. The lowest BCUT2D eigenvalue weighted by Gasteiger charge is -2.34. The molecule has 0 spiro atoms. The number of likely N-dealkylation sites (N-methyl/N-ethyl adjacent to an activating group) is 1. The summed E-state index contributed by atoms with van der Waals surface area (Å²) in [6.07, 6.45) is 43.0. The molecular weight excluding hydrogens is 679 g/mol. The molecule has 0 saturated carbocycles. The molecule has 54 heavy (non-hydrogen) atoms. The smallest absolute Gasteiger partial charge is 0.306 e. The van der Waals surface area contributed by atoms with Crippen LogP contribution in [0.3, 0.4) is 0 Å². The quantitative estimate of drug-likeness (QED) is 0.0267. The number of carbonyl (C=O) groups is 3. The molecule has 0 radical (unpaired) electrons. The van der Waals surface area contributed by atoms with E-state index in [1.165, 1.54) is 77.0 Å². The Kier molecular flexibility index (Phi) is 35.4. The summed E-state index contributed by atoms with van der Waals surface area (Å²) in [4.78, 5) is 36.6. The van der Waals surface area contributed by atoms with E-state index in [-0.39, 0.29) is 42.7 Å². The lowest BCUT2D eigenvalue weighted by molar-refractivity contribution is -0.889. The molecule has 0 N–H and O–H groups in total. The van der Waals surface area contributed by atoms with Crippen molar-refractivity contribution in [3.05, 3.63) is 48.6 Å². The first-order valence-electron chi connectivity index (χ1n) is 21.7. The van der Waals surface area contributed by atoms with Crippen LogP contribution in [0.25, 0.3) is 0 Å². The third kappa shape index (κ3) is 35.0. The maximum absolute atomic E-state index is 12.7. The normalized spacial score (nSPS) is 13.4. The van der Waals surface area contributed by atoms with Gasteiger partial charge in [0, 0.05) is 19.3 Å². The van der Waals surface area contributed by atoms with Crippen LogP contribution in [-0.4, -0.2) is 75.5 Å². The first kappa shape index (κ1) is 51.3. The molecule has 0 fully saturated rings. The maximum atomic E-state index is 12.7. The van der Waals surface area contributed by atoms with Crippen molar-refractivity contribution in [1.82, 2.24) is 0 Å². The molecule has 0 aliphatic rings. The van der Waals surface area contributed by atoms with Crippen LogP contribution in [0, 0.1) is 0 Å². The largest absolute Gasteiger partial charge is 0.544 e. The highest BCUT2D eigenvalue weighted by Gasteiger charge is 2.25. The predicted octanol–water partition coefficient (Wildman–Crippen LogP) is 10.3. The van der Waals surface area contributed by atoms with Crippen molar-refractivity contribution in [2.24, 2.45) is 0 Å². The van der Waals surface area contributed by atoms with E-state index in [2.05, 4.69) is 62.5 Å². The molecular formula is C46H81NO7. The van der Waals surface area contributed by atoms with Gasteiger partial charge in [-0.25, -0.2) is 0 Å². The Morgan fingerprint density at radius 1 is 0.574 bits per heavy atom. The molecule has 2 atom stereocenters. The van der Waals surface area contributed by atoms with E-state index in [4.69, 9.17) is 14.2 Å². The minimum atomic E-state index is -1.13. The van der Waals surface area contributed by atoms with Gasteiger partial charge in [-0.3, -0.25) is 9.59 Å². The number of hydrogen-bond donors (Lipinski definition) is 0. The van der Waals surface area contributed by atoms with Crippen LogP contribution in [0.15, 0.2) is 48.6 Å². The molecule has 2 unspecified atom stereocenters. The Morgan fingerprint density at radius 2 is 1.04 bits per heavy atom. The van der Waals surface area contributed by atoms with Gasteiger partial charge < -0.3 is 28.6 Å².